The molecule has 1 aromatic carbocycles. The van der Waals surface area contributed by atoms with E-state index in [9.17, 15) is 14.7 Å². The molecule has 0 saturated heterocycles. The molecular formula is C14H14N2O5. The van der Waals surface area contributed by atoms with Crippen LogP contribution in [-0.2, 0) is 4.79 Å². The molecule has 110 valence electrons. The Morgan fingerprint density at radius 2 is 1.95 bits per heavy atom. The number of rotatable bonds is 5. The molecule has 1 aromatic heterocycles. The van der Waals surface area contributed by atoms with Crippen molar-refractivity contribution in [2.24, 2.45) is 0 Å². The van der Waals surface area contributed by atoms with E-state index in [0.29, 0.717) is 5.76 Å². The van der Waals surface area contributed by atoms with Gasteiger partial charge in [-0.25, -0.2) is 4.79 Å². The number of carboxylic acid groups (broad SMARTS) is 1. The molecule has 0 fully saturated rings. The van der Waals surface area contributed by atoms with E-state index in [4.69, 9.17) is 9.63 Å². The standard InChI is InChI=1S/C14H14N2O5/c1-8(17)12(14(19)20)15-13(18)10-7-11(21-16-10)9-5-3-2-4-6-9/h2-8,12,17H,1H3,(H,15,18)(H,19,20). The molecule has 7 nitrogen and oxygen atoms in total. The molecule has 1 heterocycles. The normalized spacial score (nSPS) is 13.4. The van der Waals surface area contributed by atoms with Gasteiger partial charge in [0, 0.05) is 11.6 Å². The van der Waals surface area contributed by atoms with Gasteiger partial charge in [-0.1, -0.05) is 35.5 Å². The SMILES string of the molecule is CC(O)C(NC(=O)c1cc(-c2ccccc2)on1)C(=O)O. The first-order chi connectivity index (χ1) is 9.99. The zero-order chi connectivity index (χ0) is 15.4. The Balaban J connectivity index is 2.14. The molecular weight excluding hydrogens is 276 g/mol. The van der Waals surface area contributed by atoms with Gasteiger partial charge in [-0.3, -0.25) is 4.79 Å². The minimum absolute atomic E-state index is 0.0549. The molecule has 1 amide bonds. The highest BCUT2D eigenvalue weighted by Crippen LogP contribution is 2.19. The number of amides is 1. The van der Waals surface area contributed by atoms with E-state index in [1.807, 2.05) is 18.2 Å². The van der Waals surface area contributed by atoms with Gasteiger partial charge in [-0.2, -0.15) is 0 Å². The average molecular weight is 290 g/mol. The lowest BCUT2D eigenvalue weighted by Gasteiger charge is -2.15. The fourth-order valence-corrected chi connectivity index (χ4v) is 1.72. The van der Waals surface area contributed by atoms with Crippen LogP contribution in [0.4, 0.5) is 0 Å². The van der Waals surface area contributed by atoms with Crippen LogP contribution in [0.2, 0.25) is 0 Å². The molecule has 0 saturated carbocycles. The van der Waals surface area contributed by atoms with Gasteiger partial charge < -0.3 is 20.1 Å². The fourth-order valence-electron chi connectivity index (χ4n) is 1.72. The monoisotopic (exact) mass is 290 g/mol. The summed E-state index contributed by atoms with van der Waals surface area (Å²) in [7, 11) is 0. The molecule has 3 N–H and O–H groups in total. The number of carbonyl (C=O) groups is 2. The van der Waals surface area contributed by atoms with Crippen molar-refractivity contribution in [3.05, 3.63) is 42.1 Å². The lowest BCUT2D eigenvalue weighted by molar-refractivity contribution is -0.141. The van der Waals surface area contributed by atoms with E-state index >= 15 is 0 Å². The summed E-state index contributed by atoms with van der Waals surface area (Å²) in [6, 6.07) is 9.04. The summed E-state index contributed by atoms with van der Waals surface area (Å²) in [6.07, 6.45) is -1.23. The zero-order valence-electron chi connectivity index (χ0n) is 11.2. The number of nitrogens with zero attached hydrogens (tertiary/aromatic N) is 1. The van der Waals surface area contributed by atoms with E-state index in [-0.39, 0.29) is 5.69 Å². The van der Waals surface area contributed by atoms with Crippen LogP contribution >= 0.6 is 0 Å². The molecule has 21 heavy (non-hydrogen) atoms. The highest BCUT2D eigenvalue weighted by Gasteiger charge is 2.26. The summed E-state index contributed by atoms with van der Waals surface area (Å²) in [4.78, 5) is 22.8. The van der Waals surface area contributed by atoms with E-state index in [0.717, 1.165) is 5.56 Å². The Labute approximate surface area is 120 Å². The Hall–Kier alpha value is -2.67. The van der Waals surface area contributed by atoms with Crippen LogP contribution in [0.25, 0.3) is 11.3 Å². The van der Waals surface area contributed by atoms with Crippen molar-refractivity contribution < 1.29 is 24.3 Å². The first-order valence-electron chi connectivity index (χ1n) is 6.23. The minimum Gasteiger partial charge on any atom is -0.480 e. The Morgan fingerprint density at radius 1 is 1.29 bits per heavy atom. The first kappa shape index (κ1) is 14.7. The van der Waals surface area contributed by atoms with Crippen LogP contribution in [0.3, 0.4) is 0 Å². The molecule has 0 aliphatic rings. The molecule has 0 bridgehead atoms. The molecule has 0 aliphatic heterocycles. The molecule has 0 spiro atoms. The first-order valence-corrected chi connectivity index (χ1v) is 6.23. The molecule has 7 heteroatoms. The lowest BCUT2D eigenvalue weighted by Crippen LogP contribution is -2.47. The van der Waals surface area contributed by atoms with E-state index in [1.54, 1.807) is 12.1 Å². The molecule has 0 radical (unpaired) electrons. The van der Waals surface area contributed by atoms with E-state index < -0.39 is 24.0 Å². The maximum absolute atomic E-state index is 11.9. The predicted molar refractivity (Wildman–Crippen MR) is 72.5 cm³/mol. The topological polar surface area (TPSA) is 113 Å². The number of aliphatic hydroxyl groups is 1. The molecule has 2 aromatic rings. The smallest absolute Gasteiger partial charge is 0.328 e. The number of hydrogen-bond acceptors (Lipinski definition) is 5. The summed E-state index contributed by atoms with van der Waals surface area (Å²) in [5, 5.41) is 24.0. The second-order valence-electron chi connectivity index (χ2n) is 4.47. The third kappa shape index (κ3) is 3.46. The van der Waals surface area contributed by atoms with Gasteiger partial charge in [0.1, 0.15) is 0 Å². The summed E-state index contributed by atoms with van der Waals surface area (Å²) in [6.45, 7) is 1.28. The largest absolute Gasteiger partial charge is 0.480 e. The highest BCUT2D eigenvalue weighted by atomic mass is 16.5. The van der Waals surface area contributed by atoms with E-state index in [1.165, 1.54) is 13.0 Å². The Kier molecular flexibility index (Phi) is 4.34. The minimum atomic E-state index is -1.41. The van der Waals surface area contributed by atoms with Crippen molar-refractivity contribution in [2.45, 2.75) is 19.1 Å². The number of aliphatic hydroxyl groups excluding tert-OH is 1. The number of carboxylic acids is 1. The number of carbonyl (C=O) groups excluding carboxylic acids is 1. The third-order valence-electron chi connectivity index (χ3n) is 2.84. The second-order valence-corrected chi connectivity index (χ2v) is 4.47. The quantitative estimate of drug-likeness (QED) is 0.754. The van der Waals surface area contributed by atoms with Crippen LogP contribution in [0.5, 0.6) is 0 Å². The lowest BCUT2D eigenvalue weighted by atomic mass is 10.1. The summed E-state index contributed by atoms with van der Waals surface area (Å²) >= 11 is 0. The number of nitrogens with one attached hydrogen (secondary N) is 1. The van der Waals surface area contributed by atoms with Crippen molar-refractivity contribution in [3.8, 4) is 11.3 Å². The van der Waals surface area contributed by atoms with Crippen molar-refractivity contribution >= 4 is 11.9 Å². The number of aromatic nitrogens is 1. The van der Waals surface area contributed by atoms with Crippen molar-refractivity contribution in [1.29, 1.82) is 0 Å². The summed E-state index contributed by atoms with van der Waals surface area (Å²) in [5.41, 5.74) is 0.690. The highest BCUT2D eigenvalue weighted by molar-refractivity contribution is 5.95. The molecule has 2 unspecified atom stereocenters. The second kappa shape index (κ2) is 6.19. The summed E-state index contributed by atoms with van der Waals surface area (Å²) < 4.78 is 5.05. The van der Waals surface area contributed by atoms with Gasteiger partial charge in [0.15, 0.2) is 17.5 Å². The van der Waals surface area contributed by atoms with E-state index in [2.05, 4.69) is 10.5 Å². The van der Waals surface area contributed by atoms with Crippen LogP contribution in [0, 0.1) is 0 Å². The molecule has 2 atom stereocenters. The fraction of sp³-hybridized carbons (Fsp3) is 0.214. The number of hydrogen-bond donors (Lipinski definition) is 3. The van der Waals surface area contributed by atoms with Gasteiger partial charge in [-0.05, 0) is 6.92 Å². The van der Waals surface area contributed by atoms with Gasteiger partial charge in [-0.15, -0.1) is 0 Å². The molecule has 0 aliphatic carbocycles. The average Bonchev–Trinajstić information content (AvgIpc) is 2.94. The van der Waals surface area contributed by atoms with Crippen LogP contribution < -0.4 is 5.32 Å². The Morgan fingerprint density at radius 3 is 2.52 bits per heavy atom. The zero-order valence-corrected chi connectivity index (χ0v) is 11.2. The number of aliphatic carboxylic acids is 1. The number of benzene rings is 1. The van der Waals surface area contributed by atoms with Crippen LogP contribution in [-0.4, -0.2) is 39.4 Å². The maximum atomic E-state index is 11.9. The maximum Gasteiger partial charge on any atom is 0.328 e. The van der Waals surface area contributed by atoms with Crippen LogP contribution in [0.15, 0.2) is 40.9 Å². The van der Waals surface area contributed by atoms with Crippen molar-refractivity contribution in [2.75, 3.05) is 0 Å². The Bertz CT molecular complexity index is 636. The predicted octanol–water partition coefficient (Wildman–Crippen LogP) is 0.905. The van der Waals surface area contributed by atoms with Crippen LogP contribution in [0.1, 0.15) is 17.4 Å². The van der Waals surface area contributed by atoms with Gasteiger partial charge in [0.05, 0.1) is 6.10 Å². The molecule has 2 rings (SSSR count). The van der Waals surface area contributed by atoms with Crippen molar-refractivity contribution in [3.63, 3.8) is 0 Å². The van der Waals surface area contributed by atoms with Gasteiger partial charge in [0.2, 0.25) is 0 Å². The van der Waals surface area contributed by atoms with Crippen molar-refractivity contribution in [1.82, 2.24) is 10.5 Å². The third-order valence-corrected chi connectivity index (χ3v) is 2.84. The van der Waals surface area contributed by atoms with Gasteiger partial charge in [0.25, 0.3) is 5.91 Å². The summed E-state index contributed by atoms with van der Waals surface area (Å²) in [5.74, 6) is -1.66. The van der Waals surface area contributed by atoms with Gasteiger partial charge >= 0.3 is 5.97 Å².